The molecule has 0 radical (unpaired) electrons. The van der Waals surface area contributed by atoms with Crippen LogP contribution in [0.15, 0.2) is 46.5 Å². The lowest BCUT2D eigenvalue weighted by molar-refractivity contribution is -0.119. The Kier molecular flexibility index (Phi) is 6.25. The first kappa shape index (κ1) is 20.0. The molecule has 29 heavy (non-hydrogen) atoms. The number of hydrogen-bond acceptors (Lipinski definition) is 5. The Bertz CT molecular complexity index is 1020. The van der Waals surface area contributed by atoms with Crippen LogP contribution in [0.1, 0.15) is 32.1 Å². The average molecular weight is 431 g/mol. The van der Waals surface area contributed by atoms with Crippen molar-refractivity contribution in [2.75, 3.05) is 5.75 Å². The molecule has 0 saturated heterocycles. The molecule has 1 aliphatic carbocycles. The van der Waals surface area contributed by atoms with E-state index in [0.29, 0.717) is 40.1 Å². The first-order chi connectivity index (χ1) is 14.1. The predicted octanol–water partition coefficient (Wildman–Crippen LogP) is 5.07. The third-order valence-electron chi connectivity index (χ3n) is 5.03. The maximum Gasteiger partial charge on any atom is 0.230 e. The molecule has 1 aromatic carbocycles. The highest BCUT2D eigenvalue weighted by Crippen LogP contribution is 2.30. The van der Waals surface area contributed by atoms with E-state index in [1.807, 2.05) is 22.8 Å². The van der Waals surface area contributed by atoms with Crippen molar-refractivity contribution in [3.63, 3.8) is 0 Å². The molecule has 1 aliphatic rings. The van der Waals surface area contributed by atoms with Crippen LogP contribution in [-0.2, 0) is 11.3 Å². The van der Waals surface area contributed by atoms with Gasteiger partial charge in [0, 0.05) is 23.0 Å². The Morgan fingerprint density at radius 3 is 2.93 bits per heavy atom. The van der Waals surface area contributed by atoms with Gasteiger partial charge < -0.3 is 9.73 Å². The van der Waals surface area contributed by atoms with Gasteiger partial charge in [-0.1, -0.05) is 48.7 Å². The van der Waals surface area contributed by atoms with Gasteiger partial charge in [0.05, 0.1) is 5.75 Å². The van der Waals surface area contributed by atoms with Crippen molar-refractivity contribution in [1.82, 2.24) is 20.1 Å². The first-order valence-corrected chi connectivity index (χ1v) is 11.2. The summed E-state index contributed by atoms with van der Waals surface area (Å²) in [7, 11) is 0. The van der Waals surface area contributed by atoms with Gasteiger partial charge in [-0.05, 0) is 37.1 Å². The number of halogens is 1. The van der Waals surface area contributed by atoms with Gasteiger partial charge in [0.25, 0.3) is 0 Å². The van der Waals surface area contributed by atoms with E-state index in [0.717, 1.165) is 23.8 Å². The van der Waals surface area contributed by atoms with Crippen LogP contribution in [0.3, 0.4) is 0 Å². The van der Waals surface area contributed by atoms with Crippen molar-refractivity contribution in [3.8, 4) is 11.6 Å². The smallest absolute Gasteiger partial charge is 0.230 e. The Hall–Kier alpha value is -2.25. The largest absolute Gasteiger partial charge is 0.453 e. The second-order valence-electron chi connectivity index (χ2n) is 7.19. The minimum Gasteiger partial charge on any atom is -0.453 e. The average Bonchev–Trinajstić information content (AvgIpc) is 3.31. The Morgan fingerprint density at radius 2 is 2.14 bits per heavy atom. The highest BCUT2D eigenvalue weighted by molar-refractivity contribution is 7.99. The SMILES string of the molecule is C=CCn1c(SCC(=O)NC2CCCCC2)nnc1-c1cc2cc(Cl)ccc2o1. The molecule has 0 atom stereocenters. The van der Waals surface area contributed by atoms with Gasteiger partial charge in [-0.15, -0.1) is 16.8 Å². The van der Waals surface area contributed by atoms with Gasteiger partial charge in [0.2, 0.25) is 11.7 Å². The molecule has 0 bridgehead atoms. The van der Waals surface area contributed by atoms with Crippen LogP contribution in [0, 0.1) is 0 Å². The van der Waals surface area contributed by atoms with Crippen molar-refractivity contribution in [2.24, 2.45) is 0 Å². The standard InChI is InChI=1S/C21H23ClN4O2S/c1-2-10-26-20(18-12-14-11-15(22)8-9-17(14)28-18)24-25-21(26)29-13-19(27)23-16-6-4-3-5-7-16/h2,8-9,11-12,16H,1,3-7,10,13H2,(H,23,27). The molecule has 3 aromatic rings. The third kappa shape index (κ3) is 4.67. The number of carbonyl (C=O) groups is 1. The molecule has 8 heteroatoms. The summed E-state index contributed by atoms with van der Waals surface area (Å²) in [5.41, 5.74) is 0.735. The number of nitrogens with one attached hydrogen (secondary N) is 1. The van der Waals surface area contributed by atoms with Gasteiger partial charge in [0.15, 0.2) is 10.9 Å². The van der Waals surface area contributed by atoms with Crippen molar-refractivity contribution in [3.05, 3.63) is 41.9 Å². The number of carbonyl (C=O) groups excluding carboxylic acids is 1. The normalized spacial score (nSPS) is 14.9. The topological polar surface area (TPSA) is 73.0 Å². The maximum atomic E-state index is 12.3. The molecule has 152 valence electrons. The summed E-state index contributed by atoms with van der Waals surface area (Å²) in [6, 6.07) is 7.68. The lowest BCUT2D eigenvalue weighted by atomic mass is 9.95. The highest BCUT2D eigenvalue weighted by Gasteiger charge is 2.20. The molecule has 0 aliphatic heterocycles. The minimum absolute atomic E-state index is 0.0370. The van der Waals surface area contributed by atoms with E-state index in [1.54, 1.807) is 12.1 Å². The van der Waals surface area contributed by atoms with Crippen LogP contribution >= 0.6 is 23.4 Å². The number of allylic oxidation sites excluding steroid dienone is 1. The van der Waals surface area contributed by atoms with Gasteiger partial charge in [-0.2, -0.15) is 0 Å². The number of hydrogen-bond donors (Lipinski definition) is 1. The highest BCUT2D eigenvalue weighted by atomic mass is 35.5. The van der Waals surface area contributed by atoms with Crippen LogP contribution in [0.25, 0.3) is 22.6 Å². The number of aromatic nitrogens is 3. The molecule has 1 amide bonds. The number of nitrogens with zero attached hydrogens (tertiary/aromatic N) is 3. The van der Waals surface area contributed by atoms with Gasteiger partial charge >= 0.3 is 0 Å². The quantitative estimate of drug-likeness (QED) is 0.418. The van der Waals surface area contributed by atoms with Gasteiger partial charge in [-0.25, -0.2) is 0 Å². The molecular weight excluding hydrogens is 408 g/mol. The molecule has 4 rings (SSSR count). The van der Waals surface area contributed by atoms with E-state index in [-0.39, 0.29) is 5.91 Å². The minimum atomic E-state index is 0.0370. The fourth-order valence-corrected chi connectivity index (χ4v) is 4.58. The van der Waals surface area contributed by atoms with E-state index >= 15 is 0 Å². The maximum absolute atomic E-state index is 12.3. The monoisotopic (exact) mass is 430 g/mol. The summed E-state index contributed by atoms with van der Waals surface area (Å²) in [6.45, 7) is 4.35. The van der Waals surface area contributed by atoms with E-state index in [9.17, 15) is 4.79 Å². The van der Waals surface area contributed by atoms with E-state index in [2.05, 4.69) is 22.1 Å². The van der Waals surface area contributed by atoms with Crippen LogP contribution in [0.5, 0.6) is 0 Å². The van der Waals surface area contributed by atoms with Gasteiger partial charge in [-0.3, -0.25) is 9.36 Å². The van der Waals surface area contributed by atoms with Crippen LogP contribution < -0.4 is 5.32 Å². The molecule has 1 N–H and O–H groups in total. The van der Waals surface area contributed by atoms with Crippen molar-refractivity contribution in [2.45, 2.75) is 49.8 Å². The molecule has 2 aromatic heterocycles. The molecular formula is C21H23ClN4O2S. The molecule has 2 heterocycles. The zero-order valence-electron chi connectivity index (χ0n) is 16.1. The molecule has 0 spiro atoms. The van der Waals surface area contributed by atoms with E-state index in [1.165, 1.54) is 31.0 Å². The number of fused-ring (bicyclic) bond motifs is 1. The lowest BCUT2D eigenvalue weighted by Crippen LogP contribution is -2.37. The van der Waals surface area contributed by atoms with Crippen LogP contribution in [0.2, 0.25) is 5.02 Å². The lowest BCUT2D eigenvalue weighted by Gasteiger charge is -2.22. The molecule has 1 fully saturated rings. The van der Waals surface area contributed by atoms with E-state index in [4.69, 9.17) is 16.0 Å². The number of rotatable bonds is 7. The number of benzene rings is 1. The third-order valence-corrected chi connectivity index (χ3v) is 6.23. The van der Waals surface area contributed by atoms with Crippen LogP contribution in [-0.4, -0.2) is 32.5 Å². The van der Waals surface area contributed by atoms with Crippen molar-refractivity contribution in [1.29, 1.82) is 0 Å². The summed E-state index contributed by atoms with van der Waals surface area (Å²) in [4.78, 5) is 12.3. The van der Waals surface area contributed by atoms with Crippen molar-refractivity contribution < 1.29 is 9.21 Å². The summed E-state index contributed by atoms with van der Waals surface area (Å²) >= 11 is 7.45. The van der Waals surface area contributed by atoms with E-state index < -0.39 is 0 Å². The first-order valence-electron chi connectivity index (χ1n) is 9.80. The second-order valence-corrected chi connectivity index (χ2v) is 8.57. The van der Waals surface area contributed by atoms with Crippen molar-refractivity contribution >= 4 is 40.2 Å². The summed E-state index contributed by atoms with van der Waals surface area (Å²) in [5.74, 6) is 1.55. The zero-order valence-corrected chi connectivity index (χ0v) is 17.6. The number of amides is 1. The Balaban J connectivity index is 1.49. The summed E-state index contributed by atoms with van der Waals surface area (Å²) < 4.78 is 7.84. The van der Waals surface area contributed by atoms with Crippen LogP contribution in [0.4, 0.5) is 0 Å². The predicted molar refractivity (Wildman–Crippen MR) is 116 cm³/mol. The fourth-order valence-electron chi connectivity index (χ4n) is 3.64. The zero-order chi connectivity index (χ0) is 20.2. The second kappa shape index (κ2) is 9.05. The Labute approximate surface area is 178 Å². The number of furan rings is 1. The molecule has 0 unspecified atom stereocenters. The summed E-state index contributed by atoms with van der Waals surface area (Å²) in [5, 5.41) is 13.9. The fraction of sp³-hybridized carbons (Fsp3) is 0.381. The molecule has 1 saturated carbocycles. The van der Waals surface area contributed by atoms with Gasteiger partial charge in [0.1, 0.15) is 5.58 Å². The Morgan fingerprint density at radius 1 is 1.31 bits per heavy atom. The number of thioether (sulfide) groups is 1. The summed E-state index contributed by atoms with van der Waals surface area (Å²) in [6.07, 6.45) is 7.57. The molecule has 6 nitrogen and oxygen atoms in total.